The summed E-state index contributed by atoms with van der Waals surface area (Å²) in [5, 5.41) is 23.5. The SMILES string of the molecule is Cc1ccc2cnn(C)c2c1B(O)O. The molecule has 0 aliphatic rings. The van der Waals surface area contributed by atoms with Gasteiger partial charge in [-0.1, -0.05) is 12.1 Å². The Morgan fingerprint density at radius 2 is 2.07 bits per heavy atom. The summed E-state index contributed by atoms with van der Waals surface area (Å²) in [6, 6.07) is 3.78. The van der Waals surface area contributed by atoms with Crippen LogP contribution >= 0.6 is 0 Å². The van der Waals surface area contributed by atoms with E-state index in [-0.39, 0.29) is 0 Å². The van der Waals surface area contributed by atoms with Gasteiger partial charge in [0.1, 0.15) is 0 Å². The van der Waals surface area contributed by atoms with Crippen LogP contribution in [0.4, 0.5) is 0 Å². The van der Waals surface area contributed by atoms with Gasteiger partial charge in [0.25, 0.3) is 0 Å². The fourth-order valence-corrected chi connectivity index (χ4v) is 1.72. The van der Waals surface area contributed by atoms with Crippen LogP contribution in [0.15, 0.2) is 18.3 Å². The first-order chi connectivity index (χ1) is 6.61. The Bertz CT molecular complexity index is 479. The number of hydrogen-bond acceptors (Lipinski definition) is 3. The fraction of sp³-hybridized carbons (Fsp3) is 0.222. The molecule has 2 aromatic rings. The van der Waals surface area contributed by atoms with Crippen LogP contribution in [0.5, 0.6) is 0 Å². The zero-order valence-electron chi connectivity index (χ0n) is 8.10. The monoisotopic (exact) mass is 190 g/mol. The maximum atomic E-state index is 9.26. The number of nitrogens with zero attached hydrogens (tertiary/aromatic N) is 2. The van der Waals surface area contributed by atoms with Crippen molar-refractivity contribution >= 4 is 23.5 Å². The highest BCUT2D eigenvalue weighted by Crippen LogP contribution is 2.12. The molecule has 2 rings (SSSR count). The maximum Gasteiger partial charge on any atom is 0.490 e. The minimum atomic E-state index is -1.45. The van der Waals surface area contributed by atoms with Gasteiger partial charge in [-0.25, -0.2) is 0 Å². The lowest BCUT2D eigenvalue weighted by atomic mass is 9.76. The standard InChI is InChI=1S/C9H11BN2O2/c1-6-3-4-7-5-11-12(2)9(7)8(6)10(13)14/h3-5,13-14H,1-2H3. The van der Waals surface area contributed by atoms with E-state index in [9.17, 15) is 10.0 Å². The van der Waals surface area contributed by atoms with Crippen molar-refractivity contribution < 1.29 is 10.0 Å². The van der Waals surface area contributed by atoms with Crippen molar-refractivity contribution in [3.63, 3.8) is 0 Å². The molecule has 4 nitrogen and oxygen atoms in total. The first-order valence-corrected chi connectivity index (χ1v) is 4.38. The molecule has 1 heterocycles. The number of hydrogen-bond donors (Lipinski definition) is 2. The molecule has 0 spiro atoms. The molecular weight excluding hydrogens is 179 g/mol. The van der Waals surface area contributed by atoms with E-state index in [2.05, 4.69) is 5.10 Å². The van der Waals surface area contributed by atoms with Crippen molar-refractivity contribution in [1.29, 1.82) is 0 Å². The lowest BCUT2D eigenvalue weighted by Gasteiger charge is -2.07. The van der Waals surface area contributed by atoms with Crippen LogP contribution in [0.2, 0.25) is 0 Å². The fourth-order valence-electron chi connectivity index (χ4n) is 1.72. The molecule has 0 fully saturated rings. The highest BCUT2D eigenvalue weighted by Gasteiger charge is 2.19. The van der Waals surface area contributed by atoms with Crippen molar-refractivity contribution in [1.82, 2.24) is 9.78 Å². The van der Waals surface area contributed by atoms with Gasteiger partial charge < -0.3 is 10.0 Å². The van der Waals surface area contributed by atoms with Crippen molar-refractivity contribution in [2.45, 2.75) is 6.92 Å². The first-order valence-electron chi connectivity index (χ1n) is 4.38. The molecular formula is C9H11BN2O2. The van der Waals surface area contributed by atoms with E-state index in [1.54, 1.807) is 17.9 Å². The number of rotatable bonds is 1. The van der Waals surface area contributed by atoms with E-state index in [1.807, 2.05) is 19.1 Å². The maximum absolute atomic E-state index is 9.26. The van der Waals surface area contributed by atoms with Crippen LogP contribution in [0.3, 0.4) is 0 Å². The van der Waals surface area contributed by atoms with E-state index in [4.69, 9.17) is 0 Å². The summed E-state index contributed by atoms with van der Waals surface area (Å²) in [5.41, 5.74) is 2.17. The van der Waals surface area contributed by atoms with Gasteiger partial charge in [0.05, 0.1) is 11.7 Å². The van der Waals surface area contributed by atoms with Gasteiger partial charge in [-0.2, -0.15) is 5.10 Å². The first kappa shape index (κ1) is 9.24. The van der Waals surface area contributed by atoms with Crippen molar-refractivity contribution in [3.05, 3.63) is 23.9 Å². The van der Waals surface area contributed by atoms with E-state index < -0.39 is 7.12 Å². The molecule has 2 N–H and O–H groups in total. The van der Waals surface area contributed by atoms with Gasteiger partial charge >= 0.3 is 7.12 Å². The van der Waals surface area contributed by atoms with Gasteiger partial charge in [-0.05, 0) is 12.5 Å². The van der Waals surface area contributed by atoms with Crippen LogP contribution < -0.4 is 5.46 Å². The summed E-state index contributed by atoms with van der Waals surface area (Å²) in [5.74, 6) is 0. The summed E-state index contributed by atoms with van der Waals surface area (Å²) < 4.78 is 1.65. The minimum absolute atomic E-state index is 0.530. The van der Waals surface area contributed by atoms with Crippen LogP contribution in [0, 0.1) is 6.92 Å². The topological polar surface area (TPSA) is 58.3 Å². The lowest BCUT2D eigenvalue weighted by Crippen LogP contribution is -2.33. The Morgan fingerprint density at radius 1 is 1.36 bits per heavy atom. The van der Waals surface area contributed by atoms with E-state index in [0.717, 1.165) is 16.5 Å². The number of fused-ring (bicyclic) bond motifs is 1. The number of aryl methyl sites for hydroxylation is 2. The van der Waals surface area contributed by atoms with Gasteiger partial charge in [0, 0.05) is 17.9 Å². The number of aromatic nitrogens is 2. The normalized spacial score (nSPS) is 10.9. The zero-order chi connectivity index (χ0) is 10.3. The Balaban J connectivity index is 2.87. The summed E-state index contributed by atoms with van der Waals surface area (Å²) in [7, 11) is 0.335. The van der Waals surface area contributed by atoms with Gasteiger partial charge in [-0.15, -0.1) is 0 Å². The average molecular weight is 190 g/mol. The highest BCUT2D eigenvalue weighted by molar-refractivity contribution is 6.62. The summed E-state index contributed by atoms with van der Waals surface area (Å²) in [6.45, 7) is 1.85. The van der Waals surface area contributed by atoms with Crippen LogP contribution in [0.1, 0.15) is 5.56 Å². The molecule has 0 atom stereocenters. The Morgan fingerprint density at radius 3 is 2.71 bits per heavy atom. The molecule has 1 aromatic carbocycles. The molecule has 14 heavy (non-hydrogen) atoms. The van der Waals surface area contributed by atoms with Crippen molar-refractivity contribution in [2.75, 3.05) is 0 Å². The Labute approximate surface area is 81.9 Å². The van der Waals surface area contributed by atoms with Gasteiger partial charge in [0.15, 0.2) is 0 Å². The average Bonchev–Trinajstić information content (AvgIpc) is 2.47. The van der Waals surface area contributed by atoms with Crippen LogP contribution in [-0.4, -0.2) is 26.9 Å². The predicted molar refractivity (Wildman–Crippen MR) is 55.3 cm³/mol. The second-order valence-electron chi connectivity index (χ2n) is 3.38. The molecule has 0 amide bonds. The molecule has 1 aromatic heterocycles. The summed E-state index contributed by atoms with van der Waals surface area (Å²) >= 11 is 0. The third-order valence-electron chi connectivity index (χ3n) is 2.42. The van der Waals surface area contributed by atoms with E-state index >= 15 is 0 Å². The zero-order valence-corrected chi connectivity index (χ0v) is 8.10. The lowest BCUT2D eigenvalue weighted by molar-refractivity contribution is 0.426. The molecule has 0 saturated carbocycles. The second-order valence-corrected chi connectivity index (χ2v) is 3.38. The molecule has 0 aliphatic carbocycles. The third kappa shape index (κ3) is 1.22. The molecule has 0 radical (unpaired) electrons. The minimum Gasteiger partial charge on any atom is -0.423 e. The third-order valence-corrected chi connectivity index (χ3v) is 2.42. The second kappa shape index (κ2) is 3.11. The van der Waals surface area contributed by atoms with Crippen LogP contribution in [0.25, 0.3) is 10.9 Å². The smallest absolute Gasteiger partial charge is 0.423 e. The summed E-state index contributed by atoms with van der Waals surface area (Å²) in [4.78, 5) is 0. The number of benzene rings is 1. The molecule has 5 heteroatoms. The largest absolute Gasteiger partial charge is 0.490 e. The molecule has 0 saturated heterocycles. The quantitative estimate of drug-likeness (QED) is 0.599. The van der Waals surface area contributed by atoms with Crippen molar-refractivity contribution in [3.8, 4) is 0 Å². The van der Waals surface area contributed by atoms with Crippen LogP contribution in [-0.2, 0) is 7.05 Å². The summed E-state index contributed by atoms with van der Waals surface area (Å²) in [6.07, 6.45) is 1.71. The van der Waals surface area contributed by atoms with E-state index in [1.165, 1.54) is 0 Å². The highest BCUT2D eigenvalue weighted by atomic mass is 16.4. The Kier molecular flexibility index (Phi) is 2.05. The van der Waals surface area contributed by atoms with Gasteiger partial charge in [0.2, 0.25) is 0 Å². The predicted octanol–water partition coefficient (Wildman–Crippen LogP) is -0.438. The molecule has 72 valence electrons. The molecule has 0 unspecified atom stereocenters. The van der Waals surface area contributed by atoms with E-state index in [0.29, 0.717) is 5.46 Å². The Hall–Kier alpha value is -1.33. The molecule has 0 bridgehead atoms. The molecule has 0 aliphatic heterocycles. The van der Waals surface area contributed by atoms with Gasteiger partial charge in [-0.3, -0.25) is 4.68 Å². The van der Waals surface area contributed by atoms with Crippen molar-refractivity contribution in [2.24, 2.45) is 7.05 Å².